The van der Waals surface area contributed by atoms with E-state index >= 15 is 0 Å². The molecule has 1 saturated carbocycles. The maximum Gasteiger partial charge on any atom is 0.334 e. The van der Waals surface area contributed by atoms with Crippen LogP contribution in [0.25, 0.3) is 0 Å². The van der Waals surface area contributed by atoms with Gasteiger partial charge in [-0.05, 0) is 61.3 Å². The molecule has 2 aromatic rings. The number of aliphatic hydroxyl groups excluding tert-OH is 1. The molecule has 0 aromatic heterocycles. The number of halogens is 2. The van der Waals surface area contributed by atoms with Crippen LogP contribution in [0.4, 0.5) is 11.4 Å². The molecule has 36 heavy (non-hydrogen) atoms. The van der Waals surface area contributed by atoms with Crippen molar-refractivity contribution in [3.05, 3.63) is 58.1 Å². The van der Waals surface area contributed by atoms with Gasteiger partial charge in [-0.25, -0.2) is 4.79 Å². The van der Waals surface area contributed by atoms with Gasteiger partial charge in [0.15, 0.2) is 0 Å². The molecule has 1 aliphatic carbocycles. The maximum atomic E-state index is 11.4. The number of para-hydroxylation sites is 2. The second-order valence-corrected chi connectivity index (χ2v) is 10.2. The number of carbonyl (C=O) groups excluding carboxylic acids is 1. The number of aliphatic hydroxyl groups is 1. The number of carbonyl (C=O) groups is 2. The van der Waals surface area contributed by atoms with Crippen molar-refractivity contribution in [2.75, 3.05) is 5.32 Å². The zero-order valence-corrected chi connectivity index (χ0v) is 25.1. The van der Waals surface area contributed by atoms with E-state index in [1.165, 1.54) is 13.3 Å². The minimum absolute atomic E-state index is 0. The van der Waals surface area contributed by atoms with Crippen molar-refractivity contribution in [3.63, 3.8) is 0 Å². The Kier molecular flexibility index (Phi) is 14.4. The average molecular weight is 547 g/mol. The molecule has 4 unspecified atom stereocenters. The summed E-state index contributed by atoms with van der Waals surface area (Å²) in [6.07, 6.45) is 2.19. The van der Waals surface area contributed by atoms with Crippen LogP contribution in [-0.2, 0) is 20.7 Å². The minimum Gasteiger partial charge on any atom is -0.481 e. The first-order valence-corrected chi connectivity index (χ1v) is 12.6. The molecular formula is C27H35Cl2NNaO5. The molecule has 3 N–H and O–H groups in total. The second kappa shape index (κ2) is 15.9. The minimum atomic E-state index is -1.01. The summed E-state index contributed by atoms with van der Waals surface area (Å²) in [7, 11) is 0. The summed E-state index contributed by atoms with van der Waals surface area (Å²) in [5.74, 6) is 0.212. The van der Waals surface area contributed by atoms with Crippen LogP contribution in [0.5, 0.6) is 0 Å². The SMILES string of the molecule is CC1CCC(C(C)C)C(OC(=O)C(C)O)C1.O=C(O)Cc1ccccc1Nc1c(Cl)cccc1Cl.[Na]. The molecule has 9 heteroatoms. The van der Waals surface area contributed by atoms with Crippen molar-refractivity contribution in [2.45, 2.75) is 65.6 Å². The van der Waals surface area contributed by atoms with Gasteiger partial charge in [0.2, 0.25) is 0 Å². The Balaban J connectivity index is 0.000000356. The van der Waals surface area contributed by atoms with Gasteiger partial charge in [0.1, 0.15) is 12.2 Å². The van der Waals surface area contributed by atoms with Crippen molar-refractivity contribution in [1.82, 2.24) is 0 Å². The topological polar surface area (TPSA) is 95.9 Å². The van der Waals surface area contributed by atoms with E-state index in [1.54, 1.807) is 36.4 Å². The first-order chi connectivity index (χ1) is 16.5. The number of benzene rings is 2. The van der Waals surface area contributed by atoms with Crippen LogP contribution in [0, 0.1) is 17.8 Å². The Morgan fingerprint density at radius 1 is 1.06 bits per heavy atom. The molecule has 0 bridgehead atoms. The molecule has 0 spiro atoms. The number of carboxylic acids is 1. The molecule has 0 amide bonds. The smallest absolute Gasteiger partial charge is 0.334 e. The molecule has 3 rings (SSSR count). The van der Waals surface area contributed by atoms with E-state index in [0.717, 1.165) is 12.8 Å². The number of anilines is 2. The molecule has 0 saturated heterocycles. The van der Waals surface area contributed by atoms with Crippen molar-refractivity contribution in [2.24, 2.45) is 17.8 Å². The summed E-state index contributed by atoms with van der Waals surface area (Å²) >= 11 is 12.1. The molecule has 1 aliphatic rings. The Morgan fingerprint density at radius 3 is 2.22 bits per heavy atom. The number of carboxylic acid groups (broad SMARTS) is 1. The zero-order valence-electron chi connectivity index (χ0n) is 21.6. The summed E-state index contributed by atoms with van der Waals surface area (Å²) in [5.41, 5.74) is 1.93. The predicted molar refractivity (Wildman–Crippen MR) is 146 cm³/mol. The number of nitrogens with one attached hydrogen (secondary N) is 1. The fourth-order valence-corrected chi connectivity index (χ4v) is 4.70. The van der Waals surface area contributed by atoms with Crippen LogP contribution < -0.4 is 5.32 Å². The molecular weight excluding hydrogens is 512 g/mol. The van der Waals surface area contributed by atoms with Crippen LogP contribution in [0.2, 0.25) is 10.0 Å². The monoisotopic (exact) mass is 546 g/mol. The third-order valence-corrected chi connectivity index (χ3v) is 6.78. The first kappa shape index (κ1) is 32.7. The third-order valence-electron chi connectivity index (χ3n) is 6.15. The molecule has 2 aromatic carbocycles. The number of ether oxygens (including phenoxy) is 1. The van der Waals surface area contributed by atoms with Gasteiger partial charge in [0.25, 0.3) is 0 Å². The van der Waals surface area contributed by atoms with E-state index in [-0.39, 0.29) is 42.1 Å². The van der Waals surface area contributed by atoms with E-state index in [0.29, 0.717) is 44.7 Å². The number of esters is 1. The van der Waals surface area contributed by atoms with Crippen LogP contribution in [-0.4, -0.2) is 63.9 Å². The fraction of sp³-hybridized carbons (Fsp3) is 0.481. The molecule has 6 nitrogen and oxygen atoms in total. The first-order valence-electron chi connectivity index (χ1n) is 11.9. The van der Waals surface area contributed by atoms with E-state index in [2.05, 4.69) is 26.1 Å². The van der Waals surface area contributed by atoms with Gasteiger partial charge >= 0.3 is 11.9 Å². The summed E-state index contributed by atoms with van der Waals surface area (Å²) in [4.78, 5) is 22.2. The van der Waals surface area contributed by atoms with E-state index in [4.69, 9.17) is 38.2 Å². The molecule has 0 heterocycles. The second-order valence-electron chi connectivity index (χ2n) is 9.43. The normalized spacial score (nSPS) is 19.8. The Morgan fingerprint density at radius 2 is 1.67 bits per heavy atom. The Labute approximate surface area is 246 Å². The van der Waals surface area contributed by atoms with Gasteiger partial charge in [0.05, 0.1) is 22.2 Å². The summed E-state index contributed by atoms with van der Waals surface area (Å²) in [5, 5.41) is 22.1. The number of aliphatic carboxylic acids is 1. The third kappa shape index (κ3) is 10.2. The van der Waals surface area contributed by atoms with Gasteiger partial charge in [-0.2, -0.15) is 0 Å². The molecule has 193 valence electrons. The Hall–Kier alpha value is -1.28. The van der Waals surface area contributed by atoms with Crippen LogP contribution in [0.1, 0.15) is 52.5 Å². The maximum absolute atomic E-state index is 11.4. The molecule has 1 radical (unpaired) electrons. The number of rotatable bonds is 7. The van der Waals surface area contributed by atoms with Gasteiger partial charge in [-0.1, -0.05) is 74.7 Å². The number of hydrogen-bond acceptors (Lipinski definition) is 5. The quantitative estimate of drug-likeness (QED) is 0.276. The van der Waals surface area contributed by atoms with Crippen LogP contribution in [0.3, 0.4) is 0 Å². The van der Waals surface area contributed by atoms with Crippen molar-refractivity contribution < 1.29 is 24.5 Å². The van der Waals surface area contributed by atoms with E-state index in [9.17, 15) is 9.59 Å². The van der Waals surface area contributed by atoms with Gasteiger partial charge < -0.3 is 20.3 Å². The van der Waals surface area contributed by atoms with E-state index < -0.39 is 18.0 Å². The largest absolute Gasteiger partial charge is 0.481 e. The standard InChI is InChI=1S/C14H11Cl2NO2.C13H24O3.Na/c15-10-5-3-6-11(16)14(10)17-12-7-2-1-4-9(12)8-13(18)19;1-8(2)11-6-5-9(3)7-12(11)16-13(15)10(4)14;/h1-7,17H,8H2,(H,18,19);8-12,14H,5-7H2,1-4H3;. The zero-order chi connectivity index (χ0) is 26.1. The van der Waals surface area contributed by atoms with Crippen molar-refractivity contribution >= 4 is 76.1 Å². The van der Waals surface area contributed by atoms with Gasteiger partial charge in [0, 0.05) is 35.2 Å². The van der Waals surface area contributed by atoms with Crippen LogP contribution in [0.15, 0.2) is 42.5 Å². The van der Waals surface area contributed by atoms with Gasteiger partial charge in [-0.3, -0.25) is 4.79 Å². The predicted octanol–water partition coefficient (Wildman–Crippen LogP) is 6.35. The summed E-state index contributed by atoms with van der Waals surface area (Å²) in [6.45, 7) is 7.99. The number of hydrogen-bond donors (Lipinski definition) is 3. The van der Waals surface area contributed by atoms with Crippen molar-refractivity contribution in [3.8, 4) is 0 Å². The fourth-order valence-electron chi connectivity index (χ4n) is 4.21. The average Bonchev–Trinajstić information content (AvgIpc) is 2.77. The molecule has 4 atom stereocenters. The molecule has 0 aliphatic heterocycles. The van der Waals surface area contributed by atoms with Gasteiger partial charge in [-0.15, -0.1) is 0 Å². The summed E-state index contributed by atoms with van der Waals surface area (Å²) < 4.78 is 5.41. The van der Waals surface area contributed by atoms with Crippen LogP contribution >= 0.6 is 23.2 Å². The Bertz CT molecular complexity index is 982. The van der Waals surface area contributed by atoms with E-state index in [1.807, 2.05) is 6.07 Å². The molecule has 1 fully saturated rings. The van der Waals surface area contributed by atoms with Crippen molar-refractivity contribution in [1.29, 1.82) is 0 Å². The summed E-state index contributed by atoms with van der Waals surface area (Å²) in [6, 6.07) is 12.3.